The molecule has 0 aliphatic heterocycles. The zero-order chi connectivity index (χ0) is 19.3. The number of aliphatic imine (C=N–C) groups is 1. The smallest absolute Gasteiger partial charge is 0.338 e. The first-order valence-corrected chi connectivity index (χ1v) is 8.29. The summed E-state index contributed by atoms with van der Waals surface area (Å²) in [4.78, 5) is 18.7. The number of rotatable bonds is 6. The van der Waals surface area contributed by atoms with Gasteiger partial charge in [-0.15, -0.1) is 0 Å². The second-order valence-corrected chi connectivity index (χ2v) is 6.01. The Hall–Kier alpha value is -2.76. The van der Waals surface area contributed by atoms with Crippen LogP contribution >= 0.6 is 0 Å². The second-order valence-electron chi connectivity index (χ2n) is 6.01. The van der Waals surface area contributed by atoms with Gasteiger partial charge in [0, 0.05) is 19.2 Å². The minimum Gasteiger partial charge on any atom is -0.457 e. The van der Waals surface area contributed by atoms with Crippen molar-refractivity contribution in [2.45, 2.75) is 27.4 Å². The van der Waals surface area contributed by atoms with Crippen molar-refractivity contribution in [1.82, 2.24) is 4.90 Å². The van der Waals surface area contributed by atoms with Crippen LogP contribution in [-0.2, 0) is 11.3 Å². The molecule has 0 fully saturated rings. The maximum absolute atomic E-state index is 13.6. The van der Waals surface area contributed by atoms with E-state index in [4.69, 9.17) is 4.74 Å². The molecule has 0 amide bonds. The Labute approximate surface area is 152 Å². The third-order valence-electron chi connectivity index (χ3n) is 4.24. The first kappa shape index (κ1) is 19.6. The predicted molar refractivity (Wildman–Crippen MR) is 97.8 cm³/mol. The number of nitrogens with zero attached hydrogens (tertiary/aromatic N) is 2. The average Bonchev–Trinajstić information content (AvgIpc) is 2.63. The van der Waals surface area contributed by atoms with Crippen molar-refractivity contribution in [3.05, 3.63) is 64.2 Å². The molecule has 0 aliphatic carbocycles. The van der Waals surface area contributed by atoms with Crippen molar-refractivity contribution in [2.24, 2.45) is 4.99 Å². The summed E-state index contributed by atoms with van der Waals surface area (Å²) in [6.07, 6.45) is 1.73. The van der Waals surface area contributed by atoms with Crippen LogP contribution in [0.2, 0.25) is 0 Å². The van der Waals surface area contributed by atoms with E-state index in [1.54, 1.807) is 25.4 Å². The summed E-state index contributed by atoms with van der Waals surface area (Å²) in [5, 5.41) is 0. The fourth-order valence-corrected chi connectivity index (χ4v) is 2.28. The maximum Gasteiger partial charge on any atom is 0.338 e. The zero-order valence-corrected chi connectivity index (χ0v) is 15.3. The van der Waals surface area contributed by atoms with Gasteiger partial charge in [0.2, 0.25) is 0 Å². The van der Waals surface area contributed by atoms with Gasteiger partial charge in [-0.2, -0.15) is 0 Å². The third kappa shape index (κ3) is 4.65. The van der Waals surface area contributed by atoms with Gasteiger partial charge in [0.05, 0.1) is 17.6 Å². The summed E-state index contributed by atoms with van der Waals surface area (Å²) >= 11 is 0. The van der Waals surface area contributed by atoms with Gasteiger partial charge in [-0.05, 0) is 62.2 Å². The van der Waals surface area contributed by atoms with Crippen LogP contribution in [0.1, 0.15) is 34.0 Å². The minimum absolute atomic E-state index is 0.00320. The average molecular weight is 360 g/mol. The van der Waals surface area contributed by atoms with Gasteiger partial charge in [-0.1, -0.05) is 0 Å². The fourth-order valence-electron chi connectivity index (χ4n) is 2.28. The number of halogens is 2. The van der Waals surface area contributed by atoms with E-state index in [9.17, 15) is 13.6 Å². The SMILES string of the molecule is CCN(C)C=Nc1ccc(C(=O)OCc2cc(F)ccc2F)c(C)c1C. The standard InChI is InChI=1S/C20H22F2N2O2/c1-5-24(4)12-23-19-9-7-17(13(2)14(19)3)20(25)26-11-15-10-16(21)6-8-18(15)22/h6-10,12H,5,11H2,1-4H3. The summed E-state index contributed by atoms with van der Waals surface area (Å²) in [6.45, 7) is 6.20. The number of esters is 1. The zero-order valence-electron chi connectivity index (χ0n) is 15.3. The van der Waals surface area contributed by atoms with Crippen LogP contribution in [0.25, 0.3) is 0 Å². The van der Waals surface area contributed by atoms with E-state index >= 15 is 0 Å². The molecule has 4 nitrogen and oxygen atoms in total. The Bertz CT molecular complexity index is 835. The molecule has 138 valence electrons. The fraction of sp³-hybridized carbons (Fsp3) is 0.300. The van der Waals surface area contributed by atoms with Crippen molar-refractivity contribution in [1.29, 1.82) is 0 Å². The van der Waals surface area contributed by atoms with Gasteiger partial charge in [-0.25, -0.2) is 18.6 Å². The van der Waals surface area contributed by atoms with E-state index in [1.165, 1.54) is 0 Å². The van der Waals surface area contributed by atoms with Crippen molar-refractivity contribution >= 4 is 18.0 Å². The molecular weight excluding hydrogens is 338 g/mol. The van der Waals surface area contributed by atoms with Crippen LogP contribution in [0, 0.1) is 25.5 Å². The molecule has 0 atom stereocenters. The number of carbonyl (C=O) groups excluding carboxylic acids is 1. The number of hydrogen-bond donors (Lipinski definition) is 0. The van der Waals surface area contributed by atoms with Crippen molar-refractivity contribution in [3.63, 3.8) is 0 Å². The molecule has 0 radical (unpaired) electrons. The maximum atomic E-state index is 13.6. The number of benzene rings is 2. The highest BCUT2D eigenvalue weighted by molar-refractivity contribution is 5.92. The van der Waals surface area contributed by atoms with Crippen LogP contribution in [0.4, 0.5) is 14.5 Å². The molecule has 2 aromatic carbocycles. The quantitative estimate of drug-likeness (QED) is 0.431. The van der Waals surface area contributed by atoms with Gasteiger partial charge in [0.25, 0.3) is 0 Å². The van der Waals surface area contributed by atoms with Gasteiger partial charge in [0.15, 0.2) is 0 Å². The van der Waals surface area contributed by atoms with E-state index < -0.39 is 17.6 Å². The van der Waals surface area contributed by atoms with Crippen LogP contribution in [0.15, 0.2) is 35.3 Å². The lowest BCUT2D eigenvalue weighted by atomic mass is 10.0. The predicted octanol–water partition coefficient (Wildman–Crippen LogP) is 4.55. The van der Waals surface area contributed by atoms with Gasteiger partial charge < -0.3 is 9.64 Å². The minimum atomic E-state index is -0.614. The highest BCUT2D eigenvalue weighted by Gasteiger charge is 2.15. The van der Waals surface area contributed by atoms with Crippen LogP contribution in [0.3, 0.4) is 0 Å². The second kappa shape index (κ2) is 8.56. The molecule has 0 aliphatic rings. The Morgan fingerprint density at radius 2 is 1.92 bits per heavy atom. The lowest BCUT2D eigenvalue weighted by Crippen LogP contribution is -2.14. The molecule has 0 aromatic heterocycles. The molecule has 2 aromatic rings. The Balaban J connectivity index is 2.15. The molecule has 2 rings (SSSR count). The molecule has 0 unspecified atom stereocenters. The van der Waals surface area contributed by atoms with E-state index in [1.807, 2.05) is 25.8 Å². The van der Waals surface area contributed by atoms with Crippen molar-refractivity contribution in [2.75, 3.05) is 13.6 Å². The molecule has 26 heavy (non-hydrogen) atoms. The lowest BCUT2D eigenvalue weighted by molar-refractivity contribution is 0.0467. The van der Waals surface area contributed by atoms with Crippen LogP contribution in [-0.4, -0.2) is 30.8 Å². The molecule has 0 saturated heterocycles. The number of hydrogen-bond acceptors (Lipinski definition) is 3. The number of ether oxygens (including phenoxy) is 1. The number of carbonyl (C=O) groups is 1. The largest absolute Gasteiger partial charge is 0.457 e. The van der Waals surface area contributed by atoms with E-state index in [0.29, 0.717) is 5.56 Å². The Morgan fingerprint density at radius 1 is 1.19 bits per heavy atom. The van der Waals surface area contributed by atoms with E-state index in [2.05, 4.69) is 4.99 Å². The van der Waals surface area contributed by atoms with Crippen LogP contribution < -0.4 is 0 Å². The first-order valence-electron chi connectivity index (χ1n) is 8.29. The van der Waals surface area contributed by atoms with E-state index in [0.717, 1.165) is 41.6 Å². The molecule has 0 heterocycles. The summed E-state index contributed by atoms with van der Waals surface area (Å²) < 4.78 is 32.0. The molecule has 0 saturated carbocycles. The topological polar surface area (TPSA) is 41.9 Å². The van der Waals surface area contributed by atoms with Gasteiger partial charge >= 0.3 is 5.97 Å². The monoisotopic (exact) mass is 360 g/mol. The Kier molecular flexibility index (Phi) is 6.44. The lowest BCUT2D eigenvalue weighted by Gasteiger charge is -2.13. The summed E-state index contributed by atoms with van der Waals surface area (Å²) in [5.41, 5.74) is 2.73. The van der Waals surface area contributed by atoms with Crippen molar-refractivity contribution in [3.8, 4) is 0 Å². The third-order valence-corrected chi connectivity index (χ3v) is 4.24. The highest BCUT2D eigenvalue weighted by Crippen LogP contribution is 2.25. The van der Waals surface area contributed by atoms with Gasteiger partial charge in [-0.3, -0.25) is 0 Å². The van der Waals surface area contributed by atoms with Crippen LogP contribution in [0.5, 0.6) is 0 Å². The molecule has 0 spiro atoms. The molecule has 0 N–H and O–H groups in total. The molecular formula is C20H22F2N2O2. The summed E-state index contributed by atoms with van der Waals surface area (Å²) in [5.74, 6) is -1.78. The molecule has 0 bridgehead atoms. The molecule has 6 heteroatoms. The first-order chi connectivity index (χ1) is 12.3. The van der Waals surface area contributed by atoms with Gasteiger partial charge in [0.1, 0.15) is 18.2 Å². The summed E-state index contributed by atoms with van der Waals surface area (Å²) in [7, 11) is 1.92. The normalized spacial score (nSPS) is 11.0. The summed E-state index contributed by atoms with van der Waals surface area (Å²) in [6, 6.07) is 6.41. The van der Waals surface area contributed by atoms with Crippen molar-refractivity contribution < 1.29 is 18.3 Å². The van der Waals surface area contributed by atoms with E-state index in [-0.39, 0.29) is 12.2 Å². The Morgan fingerprint density at radius 3 is 2.62 bits per heavy atom. The highest BCUT2D eigenvalue weighted by atomic mass is 19.1.